The third-order valence-electron chi connectivity index (χ3n) is 2.78. The second-order valence-electron chi connectivity index (χ2n) is 4.01. The van der Waals surface area contributed by atoms with Crippen LogP contribution in [0.15, 0.2) is 18.2 Å². The van der Waals surface area contributed by atoms with Gasteiger partial charge in [0.15, 0.2) is 6.29 Å². The lowest BCUT2D eigenvalue weighted by atomic mass is 10.1. The van der Waals surface area contributed by atoms with Gasteiger partial charge in [-0.2, -0.15) is 0 Å². The Bertz CT molecular complexity index is 618. The number of phenols is 1. The van der Waals surface area contributed by atoms with Crippen LogP contribution in [-0.2, 0) is 4.74 Å². The Balaban J connectivity index is 2.31. The average Bonchev–Trinajstić information content (AvgIpc) is 2.83. The number of hydrogen-bond acceptors (Lipinski definition) is 4. The first-order valence-corrected chi connectivity index (χ1v) is 5.74. The summed E-state index contributed by atoms with van der Waals surface area (Å²) in [4.78, 5) is 25.7. The van der Waals surface area contributed by atoms with E-state index in [0.29, 0.717) is 36.0 Å². The van der Waals surface area contributed by atoms with Gasteiger partial charge in [0.25, 0.3) is 5.91 Å². The topological polar surface area (TPSA) is 91.4 Å². The van der Waals surface area contributed by atoms with Crippen molar-refractivity contribution in [1.29, 1.82) is 0 Å². The van der Waals surface area contributed by atoms with Gasteiger partial charge in [0.05, 0.1) is 12.2 Å². The molecule has 2 aromatic rings. The number of aromatic amines is 1. The molecule has 1 aromatic heterocycles. The number of benzene rings is 1. The summed E-state index contributed by atoms with van der Waals surface area (Å²) in [5.74, 6) is -0.391. The van der Waals surface area contributed by atoms with E-state index in [0.717, 1.165) is 0 Å². The zero-order valence-corrected chi connectivity index (χ0v) is 10.4. The number of carbonyl (C=O) groups excluding carboxylic acids is 2. The summed E-state index contributed by atoms with van der Waals surface area (Å²) in [5, 5.41) is 12.8. The summed E-state index contributed by atoms with van der Waals surface area (Å²) in [5.41, 5.74) is 1.13. The predicted molar refractivity (Wildman–Crippen MR) is 69.6 cm³/mol. The zero-order chi connectivity index (χ0) is 13.8. The van der Waals surface area contributed by atoms with Crippen LogP contribution in [-0.4, -0.2) is 42.5 Å². The molecule has 0 saturated carbocycles. The highest BCUT2D eigenvalue weighted by molar-refractivity contribution is 6.04. The van der Waals surface area contributed by atoms with Crippen LogP contribution in [0.5, 0.6) is 5.75 Å². The Labute approximate surface area is 109 Å². The van der Waals surface area contributed by atoms with Crippen LogP contribution in [0.2, 0.25) is 0 Å². The number of fused-ring (bicyclic) bond motifs is 1. The molecule has 19 heavy (non-hydrogen) atoms. The highest BCUT2D eigenvalue weighted by atomic mass is 16.5. The molecule has 0 atom stereocenters. The summed E-state index contributed by atoms with van der Waals surface area (Å²) in [7, 11) is 1.55. The molecule has 0 aliphatic rings. The fourth-order valence-corrected chi connectivity index (χ4v) is 1.82. The molecule has 6 heteroatoms. The minimum absolute atomic E-state index is 0.104. The maximum atomic E-state index is 11.8. The van der Waals surface area contributed by atoms with Crippen LogP contribution < -0.4 is 5.32 Å². The van der Waals surface area contributed by atoms with E-state index in [4.69, 9.17) is 4.74 Å². The van der Waals surface area contributed by atoms with Crippen molar-refractivity contribution in [3.63, 3.8) is 0 Å². The number of nitrogens with one attached hydrogen (secondary N) is 2. The van der Waals surface area contributed by atoms with Gasteiger partial charge in [-0.05, 0) is 18.2 Å². The number of ether oxygens (including phenoxy) is 1. The normalized spacial score (nSPS) is 10.6. The van der Waals surface area contributed by atoms with E-state index in [1.807, 2.05) is 0 Å². The lowest BCUT2D eigenvalue weighted by molar-refractivity contribution is 0.0932. The summed E-state index contributed by atoms with van der Waals surface area (Å²) >= 11 is 0. The summed E-state index contributed by atoms with van der Waals surface area (Å²) in [6, 6.07) is 4.57. The summed E-state index contributed by atoms with van der Waals surface area (Å²) in [6.07, 6.45) is 0.568. The van der Waals surface area contributed by atoms with Crippen molar-refractivity contribution >= 4 is 23.1 Å². The van der Waals surface area contributed by atoms with Gasteiger partial charge < -0.3 is 20.1 Å². The van der Waals surface area contributed by atoms with Crippen molar-refractivity contribution in [2.45, 2.75) is 0 Å². The zero-order valence-electron chi connectivity index (χ0n) is 10.4. The van der Waals surface area contributed by atoms with Crippen LogP contribution in [0, 0.1) is 0 Å². The van der Waals surface area contributed by atoms with Gasteiger partial charge in [-0.15, -0.1) is 0 Å². The highest BCUT2D eigenvalue weighted by Gasteiger charge is 2.13. The molecular formula is C13H14N2O4. The van der Waals surface area contributed by atoms with Crippen molar-refractivity contribution in [3.05, 3.63) is 29.5 Å². The van der Waals surface area contributed by atoms with E-state index < -0.39 is 0 Å². The largest absolute Gasteiger partial charge is 0.507 e. The molecule has 100 valence electrons. The lowest BCUT2D eigenvalue weighted by Gasteiger charge is -2.01. The van der Waals surface area contributed by atoms with Crippen LogP contribution >= 0.6 is 0 Å². The van der Waals surface area contributed by atoms with E-state index in [1.165, 1.54) is 6.07 Å². The number of aldehydes is 1. The molecular weight excluding hydrogens is 248 g/mol. The van der Waals surface area contributed by atoms with Gasteiger partial charge in [-0.1, -0.05) is 0 Å². The second-order valence-corrected chi connectivity index (χ2v) is 4.01. The lowest BCUT2D eigenvalue weighted by Crippen LogP contribution is -2.27. The Kier molecular flexibility index (Phi) is 3.82. The van der Waals surface area contributed by atoms with Gasteiger partial charge in [-0.25, -0.2) is 0 Å². The van der Waals surface area contributed by atoms with Crippen molar-refractivity contribution in [1.82, 2.24) is 10.3 Å². The summed E-state index contributed by atoms with van der Waals surface area (Å²) < 4.78 is 4.83. The fraction of sp³-hybridized carbons (Fsp3) is 0.231. The molecule has 1 amide bonds. The first-order valence-electron chi connectivity index (χ1n) is 5.74. The monoisotopic (exact) mass is 262 g/mol. The minimum atomic E-state index is -0.287. The van der Waals surface area contributed by atoms with Crippen molar-refractivity contribution in [2.24, 2.45) is 0 Å². The van der Waals surface area contributed by atoms with Crippen molar-refractivity contribution in [2.75, 3.05) is 20.3 Å². The van der Waals surface area contributed by atoms with Gasteiger partial charge >= 0.3 is 0 Å². The maximum absolute atomic E-state index is 11.8. The van der Waals surface area contributed by atoms with Crippen LogP contribution in [0.25, 0.3) is 10.9 Å². The third-order valence-corrected chi connectivity index (χ3v) is 2.78. The van der Waals surface area contributed by atoms with Gasteiger partial charge in [0.1, 0.15) is 11.4 Å². The molecule has 0 unspecified atom stereocenters. The number of methoxy groups -OCH3 is 1. The molecule has 0 spiro atoms. The number of hydrogen-bond donors (Lipinski definition) is 3. The Morgan fingerprint density at radius 1 is 1.53 bits per heavy atom. The maximum Gasteiger partial charge on any atom is 0.267 e. The van der Waals surface area contributed by atoms with E-state index >= 15 is 0 Å². The molecule has 6 nitrogen and oxygen atoms in total. The standard InChI is InChI=1S/C13H14N2O4/c1-19-5-4-14-13(18)11-6-8-9(7-16)12(17)3-2-10(8)15-11/h2-3,6-7,15,17H,4-5H2,1H3,(H,14,18). The predicted octanol–water partition coefficient (Wildman–Crippen LogP) is 1.06. The molecule has 0 fully saturated rings. The van der Waals surface area contributed by atoms with Crippen LogP contribution in [0.1, 0.15) is 20.8 Å². The van der Waals surface area contributed by atoms with E-state index in [-0.39, 0.29) is 17.2 Å². The molecule has 0 saturated heterocycles. The van der Waals surface area contributed by atoms with Crippen LogP contribution in [0.3, 0.4) is 0 Å². The number of amides is 1. The second kappa shape index (κ2) is 5.53. The average molecular weight is 262 g/mol. The number of phenolic OH excluding ortho intramolecular Hbond substituents is 1. The highest BCUT2D eigenvalue weighted by Crippen LogP contribution is 2.26. The van der Waals surface area contributed by atoms with Crippen molar-refractivity contribution in [3.8, 4) is 5.75 Å². The van der Waals surface area contributed by atoms with Gasteiger partial charge in [0, 0.05) is 24.6 Å². The van der Waals surface area contributed by atoms with Gasteiger partial charge in [0.2, 0.25) is 0 Å². The third kappa shape index (κ3) is 2.58. The molecule has 3 N–H and O–H groups in total. The molecule has 0 bridgehead atoms. The van der Waals surface area contributed by atoms with Crippen LogP contribution in [0.4, 0.5) is 0 Å². The minimum Gasteiger partial charge on any atom is -0.507 e. The SMILES string of the molecule is COCCNC(=O)c1cc2c(C=O)c(O)ccc2[nH]1. The number of carbonyl (C=O) groups is 2. The van der Waals surface area contributed by atoms with E-state index in [1.54, 1.807) is 19.2 Å². The first-order chi connectivity index (χ1) is 9.17. The molecule has 0 aliphatic carbocycles. The van der Waals surface area contributed by atoms with Crippen molar-refractivity contribution < 1.29 is 19.4 Å². The number of H-pyrrole nitrogens is 1. The molecule has 1 aromatic carbocycles. The number of aromatic nitrogens is 1. The Morgan fingerprint density at radius 2 is 2.32 bits per heavy atom. The smallest absolute Gasteiger partial charge is 0.267 e. The molecule has 0 aliphatic heterocycles. The Morgan fingerprint density at radius 3 is 3.00 bits per heavy atom. The van der Waals surface area contributed by atoms with E-state index in [2.05, 4.69) is 10.3 Å². The molecule has 0 radical (unpaired) electrons. The molecule has 2 rings (SSSR count). The Hall–Kier alpha value is -2.34. The number of rotatable bonds is 5. The summed E-state index contributed by atoms with van der Waals surface area (Å²) in [6.45, 7) is 0.822. The quantitative estimate of drug-likeness (QED) is 0.555. The first kappa shape index (κ1) is 13.1. The van der Waals surface area contributed by atoms with E-state index in [9.17, 15) is 14.7 Å². The molecule has 1 heterocycles. The van der Waals surface area contributed by atoms with Gasteiger partial charge in [-0.3, -0.25) is 9.59 Å². The number of aromatic hydroxyl groups is 1. The fourth-order valence-electron chi connectivity index (χ4n) is 1.82.